The zero-order chi connectivity index (χ0) is 21.0. The summed E-state index contributed by atoms with van der Waals surface area (Å²) in [5.41, 5.74) is 4.00. The van der Waals surface area contributed by atoms with Gasteiger partial charge in [-0.05, 0) is 36.4 Å². The molecule has 2 aromatic carbocycles. The number of furan rings is 1. The van der Waals surface area contributed by atoms with E-state index in [2.05, 4.69) is 15.6 Å². The summed E-state index contributed by atoms with van der Waals surface area (Å²) in [6.07, 6.45) is 6.90. The predicted octanol–water partition coefficient (Wildman–Crippen LogP) is 4.66. The normalized spacial score (nSPS) is 10.8. The molecule has 0 unspecified atom stereocenters. The number of anilines is 2. The molecule has 2 N–H and O–H groups in total. The van der Waals surface area contributed by atoms with Gasteiger partial charge in [-0.2, -0.15) is 0 Å². The van der Waals surface area contributed by atoms with E-state index in [1.807, 2.05) is 59.1 Å². The van der Waals surface area contributed by atoms with E-state index in [0.717, 1.165) is 28.4 Å². The number of carbonyl (C=O) groups excluding carboxylic acids is 1. The van der Waals surface area contributed by atoms with Gasteiger partial charge in [-0.1, -0.05) is 30.3 Å². The average Bonchev–Trinajstić information content (AvgIpc) is 3.47. The minimum Gasteiger partial charge on any atom is -0.467 e. The lowest BCUT2D eigenvalue weighted by Crippen LogP contribution is -2.22. The molecule has 0 bridgehead atoms. The van der Waals surface area contributed by atoms with Crippen LogP contribution < -0.4 is 10.6 Å². The molecule has 0 aliphatic heterocycles. The Labute approximate surface area is 178 Å². The smallest absolute Gasteiger partial charge is 0.251 e. The molecule has 152 valence electrons. The zero-order valence-corrected chi connectivity index (χ0v) is 16.5. The van der Waals surface area contributed by atoms with E-state index in [-0.39, 0.29) is 5.91 Å². The predicted molar refractivity (Wildman–Crippen MR) is 118 cm³/mol. The van der Waals surface area contributed by atoms with Gasteiger partial charge in [-0.3, -0.25) is 14.2 Å². The average molecular weight is 409 g/mol. The summed E-state index contributed by atoms with van der Waals surface area (Å²) in [4.78, 5) is 21.3. The Bertz CT molecular complexity index is 1310. The number of nitrogens with zero attached hydrogens (tertiary/aromatic N) is 3. The van der Waals surface area contributed by atoms with Crippen LogP contribution in [-0.2, 0) is 6.54 Å². The number of imidazole rings is 1. The molecule has 0 spiro atoms. The Hall–Kier alpha value is -4.39. The van der Waals surface area contributed by atoms with Crippen molar-refractivity contribution in [3.05, 3.63) is 103 Å². The molecule has 0 saturated heterocycles. The quantitative estimate of drug-likeness (QED) is 0.426. The van der Waals surface area contributed by atoms with Crippen LogP contribution in [0.5, 0.6) is 0 Å². The van der Waals surface area contributed by atoms with Gasteiger partial charge in [-0.15, -0.1) is 0 Å². The third-order valence-electron chi connectivity index (χ3n) is 4.89. The Morgan fingerprint density at radius 2 is 1.84 bits per heavy atom. The fourth-order valence-electron chi connectivity index (χ4n) is 3.35. The maximum Gasteiger partial charge on any atom is 0.251 e. The fraction of sp³-hybridized carbons (Fsp3) is 0.0417. The number of aromatic nitrogens is 3. The van der Waals surface area contributed by atoms with Crippen molar-refractivity contribution in [2.45, 2.75) is 6.54 Å². The summed E-state index contributed by atoms with van der Waals surface area (Å²) >= 11 is 0. The summed E-state index contributed by atoms with van der Waals surface area (Å²) in [6, 6.07) is 20.9. The fourth-order valence-corrected chi connectivity index (χ4v) is 3.35. The summed E-state index contributed by atoms with van der Waals surface area (Å²) in [7, 11) is 0. The highest BCUT2D eigenvalue weighted by molar-refractivity contribution is 5.94. The first kappa shape index (κ1) is 18.6. The van der Waals surface area contributed by atoms with Gasteiger partial charge in [0.25, 0.3) is 5.91 Å². The molecule has 3 heterocycles. The summed E-state index contributed by atoms with van der Waals surface area (Å²) < 4.78 is 7.20. The van der Waals surface area contributed by atoms with E-state index < -0.39 is 0 Å². The standard InChI is InChI=1S/C24H19N5O2/c30-24(26-15-20-7-4-14-31-20)18-8-10-19(11-9-18)27-23-22(17-5-2-1-3-6-17)28-21-16-25-12-13-29(21)23/h1-14,16,27H,15H2,(H,26,30). The van der Waals surface area contributed by atoms with Crippen LogP contribution in [0.2, 0.25) is 0 Å². The minimum absolute atomic E-state index is 0.159. The number of hydrogen-bond donors (Lipinski definition) is 2. The number of rotatable bonds is 6. The van der Waals surface area contributed by atoms with Crippen LogP contribution in [0.25, 0.3) is 16.9 Å². The van der Waals surface area contributed by atoms with E-state index in [4.69, 9.17) is 9.40 Å². The minimum atomic E-state index is -0.159. The highest BCUT2D eigenvalue weighted by atomic mass is 16.3. The Morgan fingerprint density at radius 3 is 2.61 bits per heavy atom. The SMILES string of the molecule is O=C(NCc1ccco1)c1ccc(Nc2c(-c3ccccc3)nc3cnccn23)cc1. The first-order valence-electron chi connectivity index (χ1n) is 9.83. The summed E-state index contributed by atoms with van der Waals surface area (Å²) in [5, 5.41) is 6.29. The van der Waals surface area contributed by atoms with Crippen molar-refractivity contribution in [1.29, 1.82) is 0 Å². The van der Waals surface area contributed by atoms with Gasteiger partial charge in [0, 0.05) is 29.2 Å². The maximum atomic E-state index is 12.4. The van der Waals surface area contributed by atoms with Gasteiger partial charge in [0.15, 0.2) is 5.65 Å². The first-order valence-corrected chi connectivity index (χ1v) is 9.83. The molecule has 31 heavy (non-hydrogen) atoms. The third kappa shape index (κ3) is 3.89. The third-order valence-corrected chi connectivity index (χ3v) is 4.89. The molecule has 0 saturated carbocycles. The second-order valence-electron chi connectivity index (χ2n) is 6.94. The molecule has 0 atom stereocenters. The van der Waals surface area contributed by atoms with Crippen LogP contribution in [0.1, 0.15) is 16.1 Å². The topological polar surface area (TPSA) is 84.5 Å². The molecule has 7 heteroatoms. The van der Waals surface area contributed by atoms with Crippen LogP contribution in [0.3, 0.4) is 0 Å². The van der Waals surface area contributed by atoms with Gasteiger partial charge < -0.3 is 15.1 Å². The molecular weight excluding hydrogens is 390 g/mol. The molecule has 5 aromatic rings. The van der Waals surface area contributed by atoms with Gasteiger partial charge >= 0.3 is 0 Å². The van der Waals surface area contributed by atoms with Crippen LogP contribution in [0.4, 0.5) is 11.5 Å². The molecule has 3 aromatic heterocycles. The van der Waals surface area contributed by atoms with Crippen molar-refractivity contribution >= 4 is 23.1 Å². The number of nitrogens with one attached hydrogen (secondary N) is 2. The lowest BCUT2D eigenvalue weighted by molar-refractivity contribution is 0.0948. The molecule has 1 amide bonds. The largest absolute Gasteiger partial charge is 0.467 e. The van der Waals surface area contributed by atoms with E-state index in [1.54, 1.807) is 36.9 Å². The lowest BCUT2D eigenvalue weighted by atomic mass is 10.1. The molecule has 0 aliphatic rings. The lowest BCUT2D eigenvalue weighted by Gasteiger charge is -2.10. The second-order valence-corrected chi connectivity index (χ2v) is 6.94. The molecule has 0 fully saturated rings. The zero-order valence-electron chi connectivity index (χ0n) is 16.5. The Morgan fingerprint density at radius 1 is 1.00 bits per heavy atom. The van der Waals surface area contributed by atoms with Crippen molar-refractivity contribution < 1.29 is 9.21 Å². The van der Waals surface area contributed by atoms with E-state index in [1.165, 1.54) is 0 Å². The number of benzene rings is 2. The van der Waals surface area contributed by atoms with Crippen LogP contribution in [0, 0.1) is 0 Å². The molecular formula is C24H19N5O2. The van der Waals surface area contributed by atoms with Crippen LogP contribution >= 0.6 is 0 Å². The van der Waals surface area contributed by atoms with Crippen LogP contribution in [-0.4, -0.2) is 20.3 Å². The number of amides is 1. The number of fused-ring (bicyclic) bond motifs is 1. The summed E-state index contributed by atoms with van der Waals surface area (Å²) in [6.45, 7) is 0.349. The number of carbonyl (C=O) groups is 1. The van der Waals surface area contributed by atoms with Crippen molar-refractivity contribution in [3.63, 3.8) is 0 Å². The van der Waals surface area contributed by atoms with E-state index in [9.17, 15) is 4.79 Å². The molecule has 0 aliphatic carbocycles. The Kier molecular flexibility index (Phi) is 4.90. The molecule has 0 radical (unpaired) electrons. The van der Waals surface area contributed by atoms with E-state index in [0.29, 0.717) is 17.9 Å². The monoisotopic (exact) mass is 409 g/mol. The van der Waals surface area contributed by atoms with Crippen molar-refractivity contribution in [1.82, 2.24) is 19.7 Å². The maximum absolute atomic E-state index is 12.4. The van der Waals surface area contributed by atoms with Gasteiger partial charge in [0.1, 0.15) is 17.3 Å². The second kappa shape index (κ2) is 8.16. The number of hydrogen-bond acceptors (Lipinski definition) is 5. The highest BCUT2D eigenvalue weighted by Gasteiger charge is 2.14. The van der Waals surface area contributed by atoms with Gasteiger partial charge in [0.05, 0.1) is 19.0 Å². The van der Waals surface area contributed by atoms with Gasteiger partial charge in [0.2, 0.25) is 0 Å². The van der Waals surface area contributed by atoms with E-state index >= 15 is 0 Å². The first-order chi connectivity index (χ1) is 15.3. The summed E-state index contributed by atoms with van der Waals surface area (Å²) in [5.74, 6) is 1.38. The molecule has 7 nitrogen and oxygen atoms in total. The van der Waals surface area contributed by atoms with Crippen molar-refractivity contribution in [2.24, 2.45) is 0 Å². The molecule has 5 rings (SSSR count). The van der Waals surface area contributed by atoms with Gasteiger partial charge in [-0.25, -0.2) is 4.98 Å². The van der Waals surface area contributed by atoms with Crippen molar-refractivity contribution in [3.8, 4) is 11.3 Å². The van der Waals surface area contributed by atoms with Crippen molar-refractivity contribution in [2.75, 3.05) is 5.32 Å². The Balaban J connectivity index is 1.39. The highest BCUT2D eigenvalue weighted by Crippen LogP contribution is 2.30. The van der Waals surface area contributed by atoms with Crippen LogP contribution in [0.15, 0.2) is 96.0 Å².